The van der Waals surface area contributed by atoms with Crippen LogP contribution in [0.2, 0.25) is 0 Å². The first-order valence-corrected chi connectivity index (χ1v) is 7.80. The second kappa shape index (κ2) is 4.90. The summed E-state index contributed by atoms with van der Waals surface area (Å²) in [7, 11) is 0. The molecule has 0 saturated carbocycles. The van der Waals surface area contributed by atoms with Gasteiger partial charge in [-0.1, -0.05) is 18.2 Å². The fourth-order valence-corrected chi connectivity index (χ4v) is 3.56. The van der Waals surface area contributed by atoms with Crippen LogP contribution in [0, 0.1) is 0 Å². The SMILES string of the molecule is O=C(Nc1ccc2sccc2c1)C1CNc2ccccc21. The summed E-state index contributed by atoms with van der Waals surface area (Å²) in [5.74, 6) is -0.0820. The van der Waals surface area contributed by atoms with Crippen molar-refractivity contribution in [1.29, 1.82) is 0 Å². The molecule has 1 amide bonds. The predicted octanol–water partition coefficient (Wildman–Crippen LogP) is 4.05. The number of anilines is 2. The molecule has 0 saturated heterocycles. The lowest BCUT2D eigenvalue weighted by Crippen LogP contribution is -2.22. The molecule has 1 aliphatic heterocycles. The summed E-state index contributed by atoms with van der Waals surface area (Å²) in [4.78, 5) is 12.5. The Morgan fingerprint density at radius 1 is 1.19 bits per heavy atom. The Labute approximate surface area is 126 Å². The van der Waals surface area contributed by atoms with Crippen LogP contribution in [0.25, 0.3) is 10.1 Å². The van der Waals surface area contributed by atoms with Crippen LogP contribution in [0.5, 0.6) is 0 Å². The predicted molar refractivity (Wildman–Crippen MR) is 88.1 cm³/mol. The van der Waals surface area contributed by atoms with Gasteiger partial charge in [0.2, 0.25) is 5.91 Å². The summed E-state index contributed by atoms with van der Waals surface area (Å²) in [6, 6.07) is 16.1. The molecule has 0 radical (unpaired) electrons. The van der Waals surface area contributed by atoms with E-state index in [4.69, 9.17) is 0 Å². The number of fused-ring (bicyclic) bond motifs is 2. The average molecular weight is 294 g/mol. The maximum atomic E-state index is 12.5. The maximum absolute atomic E-state index is 12.5. The van der Waals surface area contributed by atoms with Crippen molar-refractivity contribution in [3.8, 4) is 0 Å². The molecule has 2 heterocycles. The quantitative estimate of drug-likeness (QED) is 0.748. The Balaban J connectivity index is 1.58. The second-order valence-corrected chi connectivity index (χ2v) is 6.13. The Morgan fingerprint density at radius 2 is 2.10 bits per heavy atom. The fourth-order valence-electron chi connectivity index (χ4n) is 2.79. The number of thiophene rings is 1. The molecule has 3 nitrogen and oxygen atoms in total. The molecule has 0 bridgehead atoms. The summed E-state index contributed by atoms with van der Waals surface area (Å²) in [5, 5.41) is 9.55. The van der Waals surface area contributed by atoms with Gasteiger partial charge in [0.1, 0.15) is 0 Å². The van der Waals surface area contributed by atoms with Gasteiger partial charge in [0.15, 0.2) is 0 Å². The first-order valence-electron chi connectivity index (χ1n) is 6.92. The minimum absolute atomic E-state index is 0.0435. The molecule has 4 rings (SSSR count). The highest BCUT2D eigenvalue weighted by atomic mass is 32.1. The molecule has 21 heavy (non-hydrogen) atoms. The van der Waals surface area contributed by atoms with Crippen molar-refractivity contribution in [1.82, 2.24) is 0 Å². The third-order valence-corrected chi connectivity index (χ3v) is 4.77. The fraction of sp³-hybridized carbons (Fsp3) is 0.118. The summed E-state index contributed by atoms with van der Waals surface area (Å²) in [6.45, 7) is 0.659. The number of benzene rings is 2. The Bertz CT molecular complexity index is 824. The van der Waals surface area contributed by atoms with E-state index in [-0.39, 0.29) is 11.8 Å². The third-order valence-electron chi connectivity index (χ3n) is 3.87. The van der Waals surface area contributed by atoms with Gasteiger partial charge < -0.3 is 10.6 Å². The van der Waals surface area contributed by atoms with Gasteiger partial charge in [0, 0.05) is 22.6 Å². The number of hydrogen-bond acceptors (Lipinski definition) is 3. The zero-order chi connectivity index (χ0) is 14.2. The molecule has 0 spiro atoms. The number of rotatable bonds is 2. The Kier molecular flexibility index (Phi) is 2.89. The molecule has 104 valence electrons. The maximum Gasteiger partial charge on any atom is 0.233 e. The molecule has 1 atom stereocenters. The van der Waals surface area contributed by atoms with E-state index >= 15 is 0 Å². The van der Waals surface area contributed by atoms with E-state index in [2.05, 4.69) is 28.1 Å². The zero-order valence-electron chi connectivity index (χ0n) is 11.3. The van der Waals surface area contributed by atoms with E-state index in [1.54, 1.807) is 11.3 Å². The van der Waals surface area contributed by atoms with Gasteiger partial charge in [0.05, 0.1) is 5.92 Å². The van der Waals surface area contributed by atoms with Gasteiger partial charge >= 0.3 is 0 Å². The van der Waals surface area contributed by atoms with Crippen molar-refractivity contribution in [2.75, 3.05) is 17.2 Å². The van der Waals surface area contributed by atoms with Crippen molar-refractivity contribution < 1.29 is 4.79 Å². The summed E-state index contributed by atoms with van der Waals surface area (Å²) in [5.41, 5.74) is 2.99. The highest BCUT2D eigenvalue weighted by molar-refractivity contribution is 7.17. The number of para-hydroxylation sites is 1. The molecule has 4 heteroatoms. The van der Waals surface area contributed by atoms with Crippen molar-refractivity contribution in [2.24, 2.45) is 0 Å². The van der Waals surface area contributed by atoms with Crippen LogP contribution in [0.1, 0.15) is 11.5 Å². The van der Waals surface area contributed by atoms with Crippen molar-refractivity contribution in [2.45, 2.75) is 5.92 Å². The molecular formula is C17H14N2OS. The number of nitrogens with one attached hydrogen (secondary N) is 2. The number of carbonyl (C=O) groups excluding carboxylic acids is 1. The molecule has 2 aromatic carbocycles. The van der Waals surface area contributed by atoms with Gasteiger partial charge in [-0.25, -0.2) is 0 Å². The standard InChI is InChI=1S/C17H14N2OS/c20-17(14-10-18-15-4-2-1-3-13(14)15)19-12-5-6-16-11(9-12)7-8-21-16/h1-9,14,18H,10H2,(H,19,20). The number of amides is 1. The average Bonchev–Trinajstić information content (AvgIpc) is 3.13. The first kappa shape index (κ1) is 12.4. The van der Waals surface area contributed by atoms with Crippen LogP contribution in [0.15, 0.2) is 53.9 Å². The van der Waals surface area contributed by atoms with Crippen LogP contribution < -0.4 is 10.6 Å². The zero-order valence-corrected chi connectivity index (χ0v) is 12.1. The molecule has 3 aromatic rings. The Hall–Kier alpha value is -2.33. The number of carbonyl (C=O) groups is 1. The van der Waals surface area contributed by atoms with E-state index in [1.165, 1.54) is 10.1 Å². The molecule has 1 aromatic heterocycles. The topological polar surface area (TPSA) is 41.1 Å². The summed E-state index contributed by atoms with van der Waals surface area (Å²) in [6.07, 6.45) is 0. The molecular weight excluding hydrogens is 280 g/mol. The minimum Gasteiger partial charge on any atom is -0.384 e. The van der Waals surface area contributed by atoms with E-state index in [1.807, 2.05) is 36.4 Å². The Morgan fingerprint density at radius 3 is 3.05 bits per heavy atom. The van der Waals surface area contributed by atoms with Gasteiger partial charge in [-0.15, -0.1) is 11.3 Å². The molecule has 1 unspecified atom stereocenters. The van der Waals surface area contributed by atoms with Crippen molar-refractivity contribution in [3.63, 3.8) is 0 Å². The molecule has 0 fully saturated rings. The van der Waals surface area contributed by atoms with Crippen molar-refractivity contribution >= 4 is 38.7 Å². The van der Waals surface area contributed by atoms with E-state index in [0.717, 1.165) is 16.9 Å². The van der Waals surface area contributed by atoms with E-state index in [0.29, 0.717) is 6.54 Å². The number of hydrogen-bond donors (Lipinski definition) is 2. The highest BCUT2D eigenvalue weighted by Crippen LogP contribution is 2.32. The summed E-state index contributed by atoms with van der Waals surface area (Å²) >= 11 is 1.71. The van der Waals surface area contributed by atoms with Crippen LogP contribution >= 0.6 is 11.3 Å². The highest BCUT2D eigenvalue weighted by Gasteiger charge is 2.28. The molecule has 0 aliphatic carbocycles. The lowest BCUT2D eigenvalue weighted by atomic mass is 10.0. The van der Waals surface area contributed by atoms with Crippen LogP contribution in [0.3, 0.4) is 0 Å². The van der Waals surface area contributed by atoms with Gasteiger partial charge in [-0.05, 0) is 46.7 Å². The van der Waals surface area contributed by atoms with E-state index < -0.39 is 0 Å². The van der Waals surface area contributed by atoms with Crippen LogP contribution in [0.4, 0.5) is 11.4 Å². The van der Waals surface area contributed by atoms with Gasteiger partial charge in [0.25, 0.3) is 0 Å². The molecule has 1 aliphatic rings. The van der Waals surface area contributed by atoms with Crippen molar-refractivity contribution in [3.05, 3.63) is 59.5 Å². The monoisotopic (exact) mass is 294 g/mol. The lowest BCUT2D eigenvalue weighted by molar-refractivity contribution is -0.117. The third kappa shape index (κ3) is 2.17. The molecule has 2 N–H and O–H groups in total. The smallest absolute Gasteiger partial charge is 0.233 e. The first-order chi connectivity index (χ1) is 10.3. The van der Waals surface area contributed by atoms with Gasteiger partial charge in [-0.3, -0.25) is 4.79 Å². The van der Waals surface area contributed by atoms with E-state index in [9.17, 15) is 4.79 Å². The van der Waals surface area contributed by atoms with Gasteiger partial charge in [-0.2, -0.15) is 0 Å². The minimum atomic E-state index is -0.126. The van der Waals surface area contributed by atoms with Crippen LogP contribution in [-0.4, -0.2) is 12.5 Å². The lowest BCUT2D eigenvalue weighted by Gasteiger charge is -2.11. The summed E-state index contributed by atoms with van der Waals surface area (Å²) < 4.78 is 1.24. The van der Waals surface area contributed by atoms with Crippen LogP contribution in [-0.2, 0) is 4.79 Å². The second-order valence-electron chi connectivity index (χ2n) is 5.18. The normalized spacial score (nSPS) is 16.5. The largest absolute Gasteiger partial charge is 0.384 e.